The van der Waals surface area contributed by atoms with E-state index in [1.165, 1.54) is 0 Å². The van der Waals surface area contributed by atoms with Gasteiger partial charge in [-0.15, -0.1) is 0 Å². The van der Waals surface area contributed by atoms with Gasteiger partial charge in [0.25, 0.3) is 0 Å². The molecule has 74 valence electrons. The van der Waals surface area contributed by atoms with Gasteiger partial charge in [-0.05, 0) is 26.8 Å². The van der Waals surface area contributed by atoms with E-state index in [2.05, 4.69) is 16.5 Å². The Kier molecular flexibility index (Phi) is 2.26. The van der Waals surface area contributed by atoms with Crippen molar-refractivity contribution < 1.29 is 0 Å². The quantitative estimate of drug-likeness (QED) is 0.716. The summed E-state index contributed by atoms with van der Waals surface area (Å²) >= 11 is 0. The Balaban J connectivity index is 2.39. The summed E-state index contributed by atoms with van der Waals surface area (Å²) in [5.41, 5.74) is 2.58. The minimum absolute atomic E-state index is 0.427. The molecule has 0 amide bonds. The number of rotatable bonds is 1. The lowest BCUT2D eigenvalue weighted by molar-refractivity contribution is 0.477. The smallest absolute Gasteiger partial charge is 0.103 e. The highest BCUT2D eigenvalue weighted by atomic mass is 15.3. The van der Waals surface area contributed by atoms with Crippen LogP contribution in [-0.2, 0) is 0 Å². The molecule has 0 aromatic carbocycles. The van der Waals surface area contributed by atoms with Crippen LogP contribution in [-0.4, -0.2) is 22.9 Å². The summed E-state index contributed by atoms with van der Waals surface area (Å²) in [6.45, 7) is 5.87. The van der Waals surface area contributed by atoms with Crippen LogP contribution in [0.25, 0.3) is 0 Å². The van der Waals surface area contributed by atoms with E-state index >= 15 is 0 Å². The fourth-order valence-corrected chi connectivity index (χ4v) is 2.03. The molecule has 0 saturated carbocycles. The Labute approximate surface area is 83.5 Å². The molecule has 0 bridgehead atoms. The van der Waals surface area contributed by atoms with Crippen LogP contribution in [0.15, 0.2) is 0 Å². The second-order valence-electron chi connectivity index (χ2n) is 3.75. The second-order valence-corrected chi connectivity index (χ2v) is 3.75. The lowest BCUT2D eigenvalue weighted by atomic mass is 10.2. The Morgan fingerprint density at radius 1 is 1.57 bits per heavy atom. The molecule has 1 saturated heterocycles. The first-order valence-corrected chi connectivity index (χ1v) is 4.90. The maximum atomic E-state index is 8.94. The van der Waals surface area contributed by atoms with Crippen molar-refractivity contribution in [3.63, 3.8) is 0 Å². The van der Waals surface area contributed by atoms with E-state index in [1.807, 2.05) is 18.5 Å². The molecule has 1 aromatic heterocycles. The van der Waals surface area contributed by atoms with Crippen LogP contribution in [0.4, 0.5) is 0 Å². The topological polar surface area (TPSA) is 53.6 Å². The van der Waals surface area contributed by atoms with Crippen molar-refractivity contribution in [1.29, 1.82) is 5.26 Å². The predicted octanol–water partition coefficient (Wildman–Crippen LogP) is 0.906. The third kappa shape index (κ3) is 1.30. The maximum absolute atomic E-state index is 8.94. The van der Waals surface area contributed by atoms with Gasteiger partial charge < -0.3 is 5.32 Å². The summed E-state index contributed by atoms with van der Waals surface area (Å²) in [6.07, 6.45) is 1.10. The molecule has 1 unspecified atom stereocenters. The number of nitrogens with one attached hydrogen (secondary N) is 1. The fraction of sp³-hybridized carbons (Fsp3) is 0.600. The highest BCUT2D eigenvalue weighted by Gasteiger charge is 2.21. The molecule has 2 heterocycles. The van der Waals surface area contributed by atoms with Crippen LogP contribution in [0.1, 0.15) is 29.4 Å². The van der Waals surface area contributed by atoms with Crippen molar-refractivity contribution in [2.75, 3.05) is 13.1 Å². The lowest BCUT2D eigenvalue weighted by Crippen LogP contribution is -2.15. The van der Waals surface area contributed by atoms with Crippen molar-refractivity contribution in [2.45, 2.75) is 26.3 Å². The van der Waals surface area contributed by atoms with E-state index in [-0.39, 0.29) is 0 Å². The summed E-state index contributed by atoms with van der Waals surface area (Å²) in [5.74, 6) is 0. The van der Waals surface area contributed by atoms with E-state index < -0.39 is 0 Å². The largest absolute Gasteiger partial charge is 0.315 e. The van der Waals surface area contributed by atoms with E-state index in [0.29, 0.717) is 6.04 Å². The number of aryl methyl sites for hydroxylation is 1. The number of nitriles is 1. The van der Waals surface area contributed by atoms with Gasteiger partial charge in [-0.2, -0.15) is 10.4 Å². The van der Waals surface area contributed by atoms with Crippen LogP contribution in [0.3, 0.4) is 0 Å². The van der Waals surface area contributed by atoms with Crippen LogP contribution < -0.4 is 5.32 Å². The molecule has 4 nitrogen and oxygen atoms in total. The zero-order valence-electron chi connectivity index (χ0n) is 8.54. The first kappa shape index (κ1) is 9.22. The zero-order chi connectivity index (χ0) is 10.1. The minimum atomic E-state index is 0.427. The summed E-state index contributed by atoms with van der Waals surface area (Å²) in [6, 6.07) is 2.63. The van der Waals surface area contributed by atoms with Gasteiger partial charge >= 0.3 is 0 Å². The molecule has 2 rings (SSSR count). The second kappa shape index (κ2) is 3.43. The van der Waals surface area contributed by atoms with Gasteiger partial charge in [0.1, 0.15) is 6.07 Å². The molecule has 0 spiro atoms. The van der Waals surface area contributed by atoms with Gasteiger partial charge in [-0.1, -0.05) is 0 Å². The Hall–Kier alpha value is -1.34. The summed E-state index contributed by atoms with van der Waals surface area (Å²) in [7, 11) is 0. The number of aromatic nitrogens is 2. The van der Waals surface area contributed by atoms with Crippen molar-refractivity contribution in [3.8, 4) is 6.07 Å². The average Bonchev–Trinajstić information content (AvgIpc) is 2.74. The molecule has 1 aromatic rings. The van der Waals surface area contributed by atoms with Gasteiger partial charge in [0.15, 0.2) is 0 Å². The molecule has 1 fully saturated rings. The molecule has 1 aliphatic heterocycles. The van der Waals surface area contributed by atoms with Gasteiger partial charge in [0.2, 0.25) is 0 Å². The molecule has 0 radical (unpaired) electrons. The summed E-state index contributed by atoms with van der Waals surface area (Å²) in [5, 5.41) is 16.7. The van der Waals surface area contributed by atoms with E-state index in [0.717, 1.165) is 36.5 Å². The van der Waals surface area contributed by atoms with Gasteiger partial charge in [0, 0.05) is 6.54 Å². The van der Waals surface area contributed by atoms with Crippen LogP contribution >= 0.6 is 0 Å². The van der Waals surface area contributed by atoms with E-state index in [4.69, 9.17) is 5.26 Å². The highest BCUT2D eigenvalue weighted by Crippen LogP contribution is 2.20. The number of nitrogens with zero attached hydrogens (tertiary/aromatic N) is 3. The molecule has 4 heteroatoms. The fourth-order valence-electron chi connectivity index (χ4n) is 2.03. The van der Waals surface area contributed by atoms with E-state index in [1.54, 1.807) is 0 Å². The summed E-state index contributed by atoms with van der Waals surface area (Å²) in [4.78, 5) is 0. The van der Waals surface area contributed by atoms with Crippen molar-refractivity contribution in [3.05, 3.63) is 17.0 Å². The zero-order valence-corrected chi connectivity index (χ0v) is 8.54. The standard InChI is InChI=1S/C10H14N4/c1-7-10(5-11)8(2)14(13-7)9-3-4-12-6-9/h9,12H,3-4,6H2,1-2H3. The first-order chi connectivity index (χ1) is 6.74. The highest BCUT2D eigenvalue weighted by molar-refractivity contribution is 5.37. The Morgan fingerprint density at radius 3 is 2.86 bits per heavy atom. The van der Waals surface area contributed by atoms with Crippen LogP contribution in [0.5, 0.6) is 0 Å². The van der Waals surface area contributed by atoms with Crippen molar-refractivity contribution in [2.24, 2.45) is 0 Å². The lowest BCUT2D eigenvalue weighted by Gasteiger charge is -2.10. The minimum Gasteiger partial charge on any atom is -0.315 e. The van der Waals surface area contributed by atoms with Crippen LogP contribution in [0.2, 0.25) is 0 Å². The van der Waals surface area contributed by atoms with Gasteiger partial charge in [0.05, 0.1) is 23.0 Å². The Morgan fingerprint density at radius 2 is 2.36 bits per heavy atom. The van der Waals surface area contributed by atoms with Gasteiger partial charge in [-0.25, -0.2) is 0 Å². The molecule has 0 aliphatic carbocycles. The number of hydrogen-bond acceptors (Lipinski definition) is 3. The molecule has 1 N–H and O–H groups in total. The maximum Gasteiger partial charge on any atom is 0.103 e. The number of hydrogen-bond donors (Lipinski definition) is 1. The molecule has 1 aliphatic rings. The molecule has 14 heavy (non-hydrogen) atoms. The molecular weight excluding hydrogens is 176 g/mol. The molecular formula is C10H14N4. The monoisotopic (exact) mass is 190 g/mol. The average molecular weight is 190 g/mol. The molecule has 1 atom stereocenters. The van der Waals surface area contributed by atoms with Crippen molar-refractivity contribution in [1.82, 2.24) is 15.1 Å². The normalized spacial score (nSPS) is 21.1. The SMILES string of the molecule is Cc1nn(C2CCNC2)c(C)c1C#N. The first-order valence-electron chi connectivity index (χ1n) is 4.90. The van der Waals surface area contributed by atoms with Crippen molar-refractivity contribution >= 4 is 0 Å². The van der Waals surface area contributed by atoms with Crippen LogP contribution in [0, 0.1) is 25.2 Å². The predicted molar refractivity (Wildman–Crippen MR) is 52.9 cm³/mol. The summed E-state index contributed by atoms with van der Waals surface area (Å²) < 4.78 is 1.99. The third-order valence-electron chi connectivity index (χ3n) is 2.82. The van der Waals surface area contributed by atoms with E-state index in [9.17, 15) is 0 Å². The Bertz CT molecular complexity index is 380. The van der Waals surface area contributed by atoms with Gasteiger partial charge in [-0.3, -0.25) is 4.68 Å². The third-order valence-corrected chi connectivity index (χ3v) is 2.82.